The topological polar surface area (TPSA) is 29.1 Å². The van der Waals surface area contributed by atoms with Crippen molar-refractivity contribution in [2.24, 2.45) is 5.92 Å². The number of benzene rings is 1. The highest BCUT2D eigenvalue weighted by molar-refractivity contribution is 5.94. The van der Waals surface area contributed by atoms with Crippen LogP contribution >= 0.6 is 0 Å². The summed E-state index contributed by atoms with van der Waals surface area (Å²) in [5, 5.41) is 3.62. The smallest absolute Gasteiger partial charge is 0.159 e. The maximum atomic E-state index is 11.3. The van der Waals surface area contributed by atoms with Crippen molar-refractivity contribution in [2.45, 2.75) is 45.1 Å². The van der Waals surface area contributed by atoms with Crippen LogP contribution in [0.1, 0.15) is 49.4 Å². The summed E-state index contributed by atoms with van der Waals surface area (Å²) in [4.78, 5) is 11.3. The number of anilines is 1. The van der Waals surface area contributed by atoms with Gasteiger partial charge in [0, 0.05) is 17.3 Å². The number of hydrogen-bond donors (Lipinski definition) is 1. The van der Waals surface area contributed by atoms with Crippen molar-refractivity contribution in [1.82, 2.24) is 0 Å². The molecule has 2 atom stereocenters. The second-order valence-corrected chi connectivity index (χ2v) is 5.45. The van der Waals surface area contributed by atoms with Gasteiger partial charge >= 0.3 is 0 Å². The average molecular weight is 257 g/mol. The monoisotopic (exact) mass is 257 g/mol. The van der Waals surface area contributed by atoms with E-state index in [0.29, 0.717) is 12.0 Å². The van der Waals surface area contributed by atoms with E-state index >= 15 is 0 Å². The standard InChI is InChI=1S/C17H23NO/c1-3-6-15-7-4-5-8-17(15)18-16-11-9-14(10-12-16)13(2)19/h3,9-12,15,17-18H,1,4-8H2,2H3. The summed E-state index contributed by atoms with van der Waals surface area (Å²) in [5.74, 6) is 0.812. The lowest BCUT2D eigenvalue weighted by Gasteiger charge is -2.32. The minimum atomic E-state index is 0.119. The number of hydrogen-bond acceptors (Lipinski definition) is 2. The fourth-order valence-electron chi connectivity index (χ4n) is 2.91. The molecule has 1 aliphatic rings. The summed E-state index contributed by atoms with van der Waals surface area (Å²) in [6.07, 6.45) is 8.27. The number of allylic oxidation sites excluding steroid dienone is 1. The van der Waals surface area contributed by atoms with Crippen molar-refractivity contribution in [1.29, 1.82) is 0 Å². The van der Waals surface area contributed by atoms with E-state index in [1.807, 2.05) is 30.3 Å². The number of carbonyl (C=O) groups excluding carboxylic acids is 1. The molecule has 1 saturated carbocycles. The largest absolute Gasteiger partial charge is 0.382 e. The molecule has 0 aromatic heterocycles. The molecular formula is C17H23NO. The van der Waals surface area contributed by atoms with Gasteiger partial charge in [0.1, 0.15) is 0 Å². The summed E-state index contributed by atoms with van der Waals surface area (Å²) < 4.78 is 0. The third kappa shape index (κ3) is 3.69. The second-order valence-electron chi connectivity index (χ2n) is 5.45. The predicted octanol–water partition coefficient (Wildman–Crippen LogP) is 4.44. The Balaban J connectivity index is 2.02. The van der Waals surface area contributed by atoms with E-state index < -0.39 is 0 Å². The predicted molar refractivity (Wildman–Crippen MR) is 80.6 cm³/mol. The number of Topliss-reactive ketones (excluding diaryl/α,β-unsaturated/α-hetero) is 1. The molecule has 1 aromatic rings. The van der Waals surface area contributed by atoms with Crippen LogP contribution in [-0.4, -0.2) is 11.8 Å². The molecule has 2 heteroatoms. The van der Waals surface area contributed by atoms with Crippen molar-refractivity contribution in [3.63, 3.8) is 0 Å². The van der Waals surface area contributed by atoms with Crippen molar-refractivity contribution in [2.75, 3.05) is 5.32 Å². The summed E-state index contributed by atoms with van der Waals surface area (Å²) >= 11 is 0. The van der Waals surface area contributed by atoms with Crippen molar-refractivity contribution >= 4 is 11.5 Å². The highest BCUT2D eigenvalue weighted by atomic mass is 16.1. The molecule has 1 aliphatic carbocycles. The quantitative estimate of drug-likeness (QED) is 0.624. The zero-order chi connectivity index (χ0) is 13.7. The van der Waals surface area contributed by atoms with Gasteiger partial charge in [-0.1, -0.05) is 18.9 Å². The van der Waals surface area contributed by atoms with Crippen LogP contribution in [0.2, 0.25) is 0 Å². The van der Waals surface area contributed by atoms with Crippen LogP contribution in [0.4, 0.5) is 5.69 Å². The first-order valence-electron chi connectivity index (χ1n) is 7.19. The Morgan fingerprint density at radius 1 is 1.32 bits per heavy atom. The summed E-state index contributed by atoms with van der Waals surface area (Å²) in [6, 6.07) is 8.36. The lowest BCUT2D eigenvalue weighted by atomic mass is 9.82. The summed E-state index contributed by atoms with van der Waals surface area (Å²) in [7, 11) is 0. The fraction of sp³-hybridized carbons (Fsp3) is 0.471. The van der Waals surface area contributed by atoms with Crippen LogP contribution in [-0.2, 0) is 0 Å². The van der Waals surface area contributed by atoms with Gasteiger partial charge in [0.15, 0.2) is 5.78 Å². The lowest BCUT2D eigenvalue weighted by molar-refractivity contribution is 0.101. The average Bonchev–Trinajstić information content (AvgIpc) is 2.42. The van der Waals surface area contributed by atoms with E-state index in [2.05, 4.69) is 11.9 Å². The summed E-state index contributed by atoms with van der Waals surface area (Å²) in [6.45, 7) is 5.46. The van der Waals surface area contributed by atoms with Crippen LogP contribution in [0.3, 0.4) is 0 Å². The Hall–Kier alpha value is -1.57. The molecule has 0 aliphatic heterocycles. The van der Waals surface area contributed by atoms with Crippen LogP contribution < -0.4 is 5.32 Å². The molecule has 0 heterocycles. The maximum Gasteiger partial charge on any atom is 0.159 e. The van der Waals surface area contributed by atoms with E-state index in [-0.39, 0.29) is 5.78 Å². The minimum Gasteiger partial charge on any atom is -0.382 e. The number of nitrogens with one attached hydrogen (secondary N) is 1. The van der Waals surface area contributed by atoms with Gasteiger partial charge in [-0.15, -0.1) is 6.58 Å². The Labute approximate surface area is 115 Å². The molecule has 1 fully saturated rings. The van der Waals surface area contributed by atoms with Gasteiger partial charge in [0.25, 0.3) is 0 Å². The first-order chi connectivity index (χ1) is 9.20. The maximum absolute atomic E-state index is 11.3. The molecule has 2 nitrogen and oxygen atoms in total. The van der Waals surface area contributed by atoms with Gasteiger partial charge < -0.3 is 5.32 Å². The molecule has 0 saturated heterocycles. The molecule has 1 N–H and O–H groups in total. The molecule has 0 amide bonds. The zero-order valence-electron chi connectivity index (χ0n) is 11.7. The number of ketones is 1. The van der Waals surface area contributed by atoms with Gasteiger partial charge in [-0.2, -0.15) is 0 Å². The van der Waals surface area contributed by atoms with Crippen molar-refractivity contribution in [3.05, 3.63) is 42.5 Å². The first kappa shape index (κ1) is 13.9. The molecular weight excluding hydrogens is 234 g/mol. The molecule has 0 bridgehead atoms. The van der Waals surface area contributed by atoms with Crippen molar-refractivity contribution in [3.8, 4) is 0 Å². The van der Waals surface area contributed by atoms with Crippen LogP contribution in [0.25, 0.3) is 0 Å². The van der Waals surface area contributed by atoms with E-state index in [1.165, 1.54) is 25.7 Å². The Kier molecular flexibility index (Phi) is 4.78. The van der Waals surface area contributed by atoms with Crippen LogP contribution in [0.5, 0.6) is 0 Å². The molecule has 102 valence electrons. The van der Waals surface area contributed by atoms with E-state index in [4.69, 9.17) is 0 Å². The fourth-order valence-corrected chi connectivity index (χ4v) is 2.91. The van der Waals surface area contributed by atoms with Gasteiger partial charge in [-0.3, -0.25) is 4.79 Å². The van der Waals surface area contributed by atoms with Crippen LogP contribution in [0, 0.1) is 5.92 Å². The van der Waals surface area contributed by atoms with E-state index in [0.717, 1.165) is 17.7 Å². The van der Waals surface area contributed by atoms with Gasteiger partial charge in [-0.25, -0.2) is 0 Å². The number of carbonyl (C=O) groups is 1. The van der Waals surface area contributed by atoms with Gasteiger partial charge in [-0.05, 0) is 56.4 Å². The van der Waals surface area contributed by atoms with Gasteiger partial charge in [0.05, 0.1) is 0 Å². The highest BCUT2D eigenvalue weighted by Crippen LogP contribution is 2.29. The molecule has 1 aromatic carbocycles. The SMILES string of the molecule is C=CCC1CCCCC1Nc1ccc(C(C)=O)cc1. The van der Waals surface area contributed by atoms with Gasteiger partial charge in [0.2, 0.25) is 0 Å². The molecule has 2 unspecified atom stereocenters. The zero-order valence-corrected chi connectivity index (χ0v) is 11.7. The molecule has 2 rings (SSSR count). The Morgan fingerprint density at radius 2 is 2.00 bits per heavy atom. The second kappa shape index (κ2) is 6.55. The normalized spacial score (nSPS) is 22.8. The first-order valence-corrected chi connectivity index (χ1v) is 7.19. The molecule has 19 heavy (non-hydrogen) atoms. The Bertz CT molecular complexity index is 435. The highest BCUT2D eigenvalue weighted by Gasteiger charge is 2.23. The lowest BCUT2D eigenvalue weighted by Crippen LogP contribution is -2.31. The third-order valence-electron chi connectivity index (χ3n) is 4.02. The Morgan fingerprint density at radius 3 is 2.63 bits per heavy atom. The van der Waals surface area contributed by atoms with Crippen LogP contribution in [0.15, 0.2) is 36.9 Å². The van der Waals surface area contributed by atoms with E-state index in [9.17, 15) is 4.79 Å². The van der Waals surface area contributed by atoms with E-state index in [1.54, 1.807) is 6.92 Å². The molecule has 0 radical (unpaired) electrons. The number of rotatable bonds is 5. The third-order valence-corrected chi connectivity index (χ3v) is 4.02. The minimum absolute atomic E-state index is 0.119. The summed E-state index contributed by atoms with van der Waals surface area (Å²) in [5.41, 5.74) is 1.89. The molecule has 0 spiro atoms. The van der Waals surface area contributed by atoms with Crippen molar-refractivity contribution < 1.29 is 4.79 Å².